The first kappa shape index (κ1) is 20.4. The Balaban J connectivity index is 1.75. The van der Waals surface area contributed by atoms with Gasteiger partial charge in [-0.05, 0) is 49.9 Å². The van der Waals surface area contributed by atoms with Crippen LogP contribution in [0.5, 0.6) is 0 Å². The van der Waals surface area contributed by atoms with E-state index in [-0.39, 0.29) is 10.7 Å². The highest BCUT2D eigenvalue weighted by molar-refractivity contribution is 6.30. The lowest BCUT2D eigenvalue weighted by molar-refractivity contribution is -0.138. The van der Waals surface area contributed by atoms with Crippen molar-refractivity contribution in [3.8, 4) is 6.07 Å². The number of fused-ring (bicyclic) bond motifs is 1. The molecule has 0 radical (unpaired) electrons. The molecule has 0 aliphatic heterocycles. The summed E-state index contributed by atoms with van der Waals surface area (Å²) in [5.74, 6) is 0.420. The van der Waals surface area contributed by atoms with Gasteiger partial charge in [0.05, 0.1) is 28.5 Å². The molecule has 1 atom stereocenters. The Kier molecular flexibility index (Phi) is 4.82. The average molecular weight is 432 g/mol. The van der Waals surface area contributed by atoms with Gasteiger partial charge in [0.25, 0.3) is 0 Å². The van der Waals surface area contributed by atoms with Crippen molar-refractivity contribution in [1.82, 2.24) is 15.0 Å². The van der Waals surface area contributed by atoms with Gasteiger partial charge in [-0.25, -0.2) is 15.0 Å². The summed E-state index contributed by atoms with van der Waals surface area (Å²) in [6, 6.07) is 7.71. The molecule has 5 nitrogen and oxygen atoms in total. The van der Waals surface area contributed by atoms with Crippen LogP contribution in [0.15, 0.2) is 30.6 Å². The van der Waals surface area contributed by atoms with Crippen LogP contribution in [0.25, 0.3) is 11.0 Å². The number of alkyl halides is 3. The molecule has 0 bridgehead atoms. The standard InChI is InChI=1S/C21H17ClF3N5/c1-11-13(4-3-5-15(11)21(23,24)25)12(2)29-18-14-8-16(20(9-26)6-7-20)17(22)30-19(14)28-10-27-18/h3-5,8,10,12H,6-7H2,1-2H3,(H,27,28,29,30)/t12-/m1/s1. The van der Waals surface area contributed by atoms with Crippen LogP contribution in [0.3, 0.4) is 0 Å². The van der Waals surface area contributed by atoms with Gasteiger partial charge < -0.3 is 5.32 Å². The molecular formula is C21H17ClF3N5. The zero-order chi connectivity index (χ0) is 21.7. The number of rotatable bonds is 4. The number of nitrogens with one attached hydrogen (secondary N) is 1. The van der Waals surface area contributed by atoms with Gasteiger partial charge in [-0.1, -0.05) is 23.7 Å². The van der Waals surface area contributed by atoms with Crippen molar-refractivity contribution in [3.05, 3.63) is 58.0 Å². The molecule has 0 amide bonds. The number of halogens is 4. The highest BCUT2D eigenvalue weighted by Gasteiger charge is 2.47. The predicted octanol–water partition coefficient (Wildman–Crippen LogP) is 5.73. The van der Waals surface area contributed by atoms with E-state index < -0.39 is 23.2 Å². The molecule has 154 valence electrons. The van der Waals surface area contributed by atoms with Crippen LogP contribution < -0.4 is 5.32 Å². The Morgan fingerprint density at radius 3 is 2.63 bits per heavy atom. The topological polar surface area (TPSA) is 74.5 Å². The zero-order valence-corrected chi connectivity index (χ0v) is 16.9. The third kappa shape index (κ3) is 3.43. The fraction of sp³-hybridized carbons (Fsp3) is 0.333. The highest BCUT2D eigenvalue weighted by Crippen LogP contribution is 2.50. The summed E-state index contributed by atoms with van der Waals surface area (Å²) in [5.41, 5.74) is 0.333. The Hall–Kier alpha value is -2.92. The van der Waals surface area contributed by atoms with Crippen LogP contribution in [-0.4, -0.2) is 15.0 Å². The molecule has 0 spiro atoms. The first-order chi connectivity index (χ1) is 14.2. The summed E-state index contributed by atoms with van der Waals surface area (Å²) < 4.78 is 39.8. The first-order valence-electron chi connectivity index (χ1n) is 9.32. The largest absolute Gasteiger partial charge is 0.416 e. The van der Waals surface area contributed by atoms with E-state index in [0.29, 0.717) is 40.8 Å². The SMILES string of the molecule is Cc1c([C@@H](C)Nc2ncnc3nc(Cl)c(C4(C#N)CC4)cc23)cccc1C(F)(F)F. The second-order valence-electron chi connectivity index (χ2n) is 7.50. The molecular weight excluding hydrogens is 415 g/mol. The lowest BCUT2D eigenvalue weighted by atomic mass is 9.97. The number of hydrogen-bond donors (Lipinski definition) is 1. The quantitative estimate of drug-likeness (QED) is 0.533. The number of aromatic nitrogens is 3. The van der Waals surface area contributed by atoms with Gasteiger partial charge in [0, 0.05) is 5.56 Å². The summed E-state index contributed by atoms with van der Waals surface area (Å²) >= 11 is 6.29. The maximum absolute atomic E-state index is 13.3. The van der Waals surface area contributed by atoms with Crippen LogP contribution in [0.1, 0.15) is 48.1 Å². The molecule has 30 heavy (non-hydrogen) atoms. The van der Waals surface area contributed by atoms with Crippen molar-refractivity contribution >= 4 is 28.5 Å². The molecule has 0 unspecified atom stereocenters. The molecule has 2 aromatic heterocycles. The molecule has 1 fully saturated rings. The van der Waals surface area contributed by atoms with Gasteiger partial charge in [0.2, 0.25) is 0 Å². The summed E-state index contributed by atoms with van der Waals surface area (Å²) in [5, 5.41) is 13.5. The van der Waals surface area contributed by atoms with Gasteiger partial charge in [-0.3, -0.25) is 0 Å². The minimum Gasteiger partial charge on any atom is -0.363 e. The third-order valence-electron chi connectivity index (χ3n) is 5.56. The molecule has 3 aromatic rings. The van der Waals surface area contributed by atoms with Crippen LogP contribution in [0, 0.1) is 18.3 Å². The van der Waals surface area contributed by atoms with Crippen LogP contribution >= 0.6 is 11.6 Å². The number of nitriles is 1. The van der Waals surface area contributed by atoms with Crippen LogP contribution in [0.2, 0.25) is 5.15 Å². The van der Waals surface area contributed by atoms with E-state index in [1.54, 1.807) is 19.1 Å². The molecule has 1 aliphatic rings. The second kappa shape index (κ2) is 7.10. The number of hydrogen-bond acceptors (Lipinski definition) is 5. The van der Waals surface area contributed by atoms with Crippen molar-refractivity contribution in [2.75, 3.05) is 5.32 Å². The zero-order valence-electron chi connectivity index (χ0n) is 16.2. The van der Waals surface area contributed by atoms with Gasteiger partial charge in [0.1, 0.15) is 17.3 Å². The molecule has 1 aliphatic carbocycles. The Labute approximate surface area is 175 Å². The Bertz CT molecular complexity index is 1180. The van der Waals surface area contributed by atoms with Crippen molar-refractivity contribution in [3.63, 3.8) is 0 Å². The van der Waals surface area contributed by atoms with Crippen molar-refractivity contribution in [2.24, 2.45) is 0 Å². The molecule has 0 saturated heterocycles. The minimum absolute atomic E-state index is 0.159. The molecule has 1 N–H and O–H groups in total. The van der Waals surface area contributed by atoms with Crippen molar-refractivity contribution < 1.29 is 13.2 Å². The molecule has 4 rings (SSSR count). The smallest absolute Gasteiger partial charge is 0.363 e. The lowest BCUT2D eigenvalue weighted by Gasteiger charge is -2.21. The number of anilines is 1. The van der Waals surface area contributed by atoms with E-state index in [2.05, 4.69) is 26.3 Å². The highest BCUT2D eigenvalue weighted by atomic mass is 35.5. The fourth-order valence-corrected chi connectivity index (χ4v) is 4.01. The maximum Gasteiger partial charge on any atom is 0.416 e. The molecule has 1 aromatic carbocycles. The number of nitrogens with zero attached hydrogens (tertiary/aromatic N) is 4. The van der Waals surface area contributed by atoms with E-state index in [1.165, 1.54) is 19.3 Å². The van der Waals surface area contributed by atoms with E-state index in [0.717, 1.165) is 6.07 Å². The van der Waals surface area contributed by atoms with E-state index in [4.69, 9.17) is 11.6 Å². The minimum atomic E-state index is -4.42. The molecule has 1 saturated carbocycles. The van der Waals surface area contributed by atoms with Crippen LogP contribution in [-0.2, 0) is 11.6 Å². The average Bonchev–Trinajstić information content (AvgIpc) is 3.48. The Morgan fingerprint density at radius 2 is 2.00 bits per heavy atom. The monoisotopic (exact) mass is 431 g/mol. The third-order valence-corrected chi connectivity index (χ3v) is 5.85. The molecule has 9 heteroatoms. The maximum atomic E-state index is 13.3. The van der Waals surface area contributed by atoms with Gasteiger partial charge >= 0.3 is 6.18 Å². The van der Waals surface area contributed by atoms with E-state index in [9.17, 15) is 18.4 Å². The first-order valence-corrected chi connectivity index (χ1v) is 9.70. The Morgan fingerprint density at radius 1 is 1.27 bits per heavy atom. The van der Waals surface area contributed by atoms with Gasteiger partial charge in [-0.15, -0.1) is 0 Å². The van der Waals surface area contributed by atoms with Gasteiger partial charge in [0.15, 0.2) is 5.65 Å². The predicted molar refractivity (Wildman–Crippen MR) is 107 cm³/mol. The van der Waals surface area contributed by atoms with Gasteiger partial charge in [-0.2, -0.15) is 18.4 Å². The van der Waals surface area contributed by atoms with Crippen LogP contribution in [0.4, 0.5) is 19.0 Å². The normalized spacial score (nSPS) is 16.2. The summed E-state index contributed by atoms with van der Waals surface area (Å²) in [6.07, 6.45) is -1.71. The summed E-state index contributed by atoms with van der Waals surface area (Å²) in [6.45, 7) is 3.22. The number of benzene rings is 1. The van der Waals surface area contributed by atoms with Crippen molar-refractivity contribution in [2.45, 2.75) is 44.3 Å². The number of pyridine rings is 1. The fourth-order valence-electron chi connectivity index (χ4n) is 3.69. The second-order valence-corrected chi connectivity index (χ2v) is 7.86. The molecule has 2 heterocycles. The van der Waals surface area contributed by atoms with Crippen molar-refractivity contribution in [1.29, 1.82) is 5.26 Å². The summed E-state index contributed by atoms with van der Waals surface area (Å²) in [7, 11) is 0. The van der Waals surface area contributed by atoms with E-state index in [1.807, 2.05) is 0 Å². The lowest BCUT2D eigenvalue weighted by Crippen LogP contribution is -2.14. The van der Waals surface area contributed by atoms with E-state index >= 15 is 0 Å². The summed E-state index contributed by atoms with van der Waals surface area (Å²) in [4.78, 5) is 12.7.